The third kappa shape index (κ3) is 4.91. The van der Waals surface area contributed by atoms with Gasteiger partial charge in [0.1, 0.15) is 0 Å². The van der Waals surface area contributed by atoms with E-state index in [1.807, 2.05) is 0 Å². The van der Waals surface area contributed by atoms with E-state index in [2.05, 4.69) is 138 Å². The van der Waals surface area contributed by atoms with Crippen LogP contribution < -0.4 is 9.39 Å². The van der Waals surface area contributed by atoms with Crippen molar-refractivity contribution in [1.82, 2.24) is 0 Å². The van der Waals surface area contributed by atoms with E-state index in [0.717, 1.165) is 0 Å². The van der Waals surface area contributed by atoms with Gasteiger partial charge < -0.3 is 0 Å². The van der Waals surface area contributed by atoms with Crippen LogP contribution in [0.1, 0.15) is 44.5 Å². The van der Waals surface area contributed by atoms with Crippen molar-refractivity contribution in [3.8, 4) is 0 Å². The van der Waals surface area contributed by atoms with Crippen LogP contribution in [0.5, 0.6) is 0 Å². The molecule has 6 heteroatoms. The summed E-state index contributed by atoms with van der Waals surface area (Å²) in [5, 5.41) is 0. The zero-order chi connectivity index (χ0) is 27.1. The topological polar surface area (TPSA) is 30.5 Å². The van der Waals surface area contributed by atoms with Crippen molar-refractivity contribution in [3.63, 3.8) is 0 Å². The quantitative estimate of drug-likeness (QED) is 0.200. The molecule has 4 nitrogen and oxygen atoms in total. The van der Waals surface area contributed by atoms with E-state index in [-0.39, 0.29) is 0 Å². The van der Waals surface area contributed by atoms with Crippen molar-refractivity contribution >= 4 is 64.8 Å². The normalized spacial score (nSPS) is 14.0. The molecule has 0 atom stereocenters. The molecule has 0 radical (unpaired) electrons. The van der Waals surface area contributed by atoms with E-state index in [9.17, 15) is 0 Å². The molecule has 0 amide bonds. The summed E-state index contributed by atoms with van der Waals surface area (Å²) < 4.78 is 14.2. The summed E-state index contributed by atoms with van der Waals surface area (Å²) in [6.07, 6.45) is 0. The molecule has 1 fully saturated rings. The van der Waals surface area contributed by atoms with E-state index in [1.165, 1.54) is 67.3 Å². The number of aryl methyl sites for hydroxylation is 8. The van der Waals surface area contributed by atoms with E-state index in [1.54, 1.807) is 0 Å². The Kier molecular flexibility index (Phi) is 7.95. The molecule has 2 N–H and O–H groups in total. The molecule has 1 saturated heterocycles. The third-order valence-electron chi connectivity index (χ3n) is 7.38. The van der Waals surface area contributed by atoms with Crippen LogP contribution in [-0.4, -0.2) is 42.1 Å². The van der Waals surface area contributed by atoms with Crippen molar-refractivity contribution in [1.29, 1.82) is 0 Å². The number of anilines is 4. The number of nitrogens with one attached hydrogen (secondary N) is 2. The number of benzene rings is 4. The molecule has 0 unspecified atom stereocenters. The van der Waals surface area contributed by atoms with E-state index < -0.39 is 42.1 Å². The maximum absolute atomic E-state index is 4.21. The Labute approximate surface area is 245 Å². The minimum absolute atomic E-state index is 1.30. The van der Waals surface area contributed by atoms with Gasteiger partial charge in [-0.05, 0) is 0 Å². The summed E-state index contributed by atoms with van der Waals surface area (Å²) in [5.41, 5.74) is 16.2. The van der Waals surface area contributed by atoms with E-state index in [4.69, 9.17) is 0 Å². The molecule has 4 aromatic carbocycles. The van der Waals surface area contributed by atoms with Gasteiger partial charge in [-0.2, -0.15) is 0 Å². The van der Waals surface area contributed by atoms with E-state index in [0.29, 0.717) is 0 Å². The molecule has 0 aliphatic carbocycles. The predicted octanol–water partition coefficient (Wildman–Crippen LogP) is 7.67. The second-order valence-electron chi connectivity index (χ2n) is 10.4. The Morgan fingerprint density at radius 3 is 0.895 bits per heavy atom. The van der Waals surface area contributed by atoms with Crippen molar-refractivity contribution < 1.29 is 0 Å². The summed E-state index contributed by atoms with van der Waals surface area (Å²) in [5.74, 6) is 0. The first-order valence-electron chi connectivity index (χ1n) is 13.2. The van der Waals surface area contributed by atoms with Crippen LogP contribution in [0.15, 0.2) is 72.8 Å². The Bertz CT molecular complexity index is 1300. The molecule has 1 heterocycles. The summed E-state index contributed by atoms with van der Waals surface area (Å²) in [6.45, 7) is 18.0. The fourth-order valence-electron chi connectivity index (χ4n) is 5.28. The Morgan fingerprint density at radius 1 is 0.395 bits per heavy atom. The number of rotatable bonds is 6. The van der Waals surface area contributed by atoms with E-state index >= 15 is 0 Å². The molecular weight excluding hydrogens is 684 g/mol. The molecule has 196 valence electrons. The fraction of sp³-hybridized carbons (Fsp3) is 0.250. The minimum atomic E-state index is -2.48. The van der Waals surface area contributed by atoms with Gasteiger partial charge in [0.25, 0.3) is 0 Å². The summed E-state index contributed by atoms with van der Waals surface area (Å²) in [7, 11) is 0. The summed E-state index contributed by atoms with van der Waals surface area (Å²) in [6, 6.07) is 26.8. The standard InChI is InChI=1S/2C8H10N.2C8H9N.2Sb/c4*1-6-4-3-5-7(2)8(6)9;;/h2*3-5,9H,1-2H3;2*3-5H,1-2H3;;/q2*-1;;;2*+1. The monoisotopic (exact) mass is 720 g/mol. The van der Waals surface area contributed by atoms with Gasteiger partial charge in [-0.15, -0.1) is 0 Å². The fourth-order valence-corrected chi connectivity index (χ4v) is 29.7. The third-order valence-corrected chi connectivity index (χ3v) is 29.2. The van der Waals surface area contributed by atoms with Crippen LogP contribution >= 0.6 is 0 Å². The van der Waals surface area contributed by atoms with Crippen molar-refractivity contribution in [2.75, 3.05) is 9.39 Å². The molecular formula is C32H38N4Sb2. The average Bonchev–Trinajstić information content (AvgIpc) is 2.85. The molecule has 5 rings (SSSR count). The van der Waals surface area contributed by atoms with Gasteiger partial charge in [0, 0.05) is 0 Å². The molecule has 1 aliphatic heterocycles. The van der Waals surface area contributed by atoms with Crippen molar-refractivity contribution in [3.05, 3.63) is 117 Å². The second kappa shape index (κ2) is 11.1. The van der Waals surface area contributed by atoms with Crippen molar-refractivity contribution in [2.24, 2.45) is 0 Å². The SMILES string of the molecule is Cc1cccc(C)c1[NH][Sb]1[N](c2c(C)cccc2C)[Sb]([NH]c2c(C)cccc2C)[N]1c1c(C)cccc1C. The van der Waals surface area contributed by atoms with Crippen molar-refractivity contribution in [2.45, 2.75) is 55.4 Å². The van der Waals surface area contributed by atoms with Gasteiger partial charge in [-0.1, -0.05) is 0 Å². The zero-order valence-corrected chi connectivity index (χ0v) is 28.8. The van der Waals surface area contributed by atoms with Crippen LogP contribution in [0.3, 0.4) is 0 Å². The zero-order valence-electron chi connectivity index (χ0n) is 23.7. The molecule has 1 aliphatic rings. The van der Waals surface area contributed by atoms with Gasteiger partial charge >= 0.3 is 247 Å². The molecule has 38 heavy (non-hydrogen) atoms. The van der Waals surface area contributed by atoms with Gasteiger partial charge in [0.2, 0.25) is 0 Å². The molecule has 0 bridgehead atoms. The van der Waals surface area contributed by atoms with Crippen LogP contribution in [-0.2, 0) is 0 Å². The summed E-state index contributed by atoms with van der Waals surface area (Å²) >= 11 is -4.95. The number of nitrogens with zero attached hydrogens (tertiary/aromatic N) is 2. The number of hydrogen-bond acceptors (Lipinski definition) is 4. The Balaban J connectivity index is 1.71. The maximum atomic E-state index is 4.21. The second-order valence-corrected chi connectivity index (χ2v) is 25.1. The van der Waals surface area contributed by atoms with Crippen LogP contribution in [0.2, 0.25) is 0 Å². The van der Waals surface area contributed by atoms with Gasteiger partial charge in [0.05, 0.1) is 0 Å². The molecule has 0 saturated carbocycles. The first-order valence-corrected chi connectivity index (χ1v) is 20.3. The number of para-hydroxylation sites is 4. The van der Waals surface area contributed by atoms with Crippen LogP contribution in [0.25, 0.3) is 0 Å². The Morgan fingerprint density at radius 2 is 0.632 bits per heavy atom. The average molecular weight is 722 g/mol. The predicted molar refractivity (Wildman–Crippen MR) is 167 cm³/mol. The molecule has 0 aromatic heterocycles. The van der Waals surface area contributed by atoms with Crippen LogP contribution in [0, 0.1) is 55.4 Å². The first-order chi connectivity index (χ1) is 18.2. The van der Waals surface area contributed by atoms with Gasteiger partial charge in [-0.3, -0.25) is 0 Å². The van der Waals surface area contributed by atoms with Gasteiger partial charge in [0.15, 0.2) is 0 Å². The first kappa shape index (κ1) is 27.3. The number of hydrogen-bond donors (Lipinski definition) is 2. The van der Waals surface area contributed by atoms with Crippen LogP contribution in [0.4, 0.5) is 22.7 Å². The molecule has 0 spiro atoms. The Hall–Kier alpha value is -2.28. The van der Waals surface area contributed by atoms with Gasteiger partial charge in [-0.25, -0.2) is 0 Å². The summed E-state index contributed by atoms with van der Waals surface area (Å²) in [4.78, 5) is 0. The molecule has 4 aromatic rings.